The summed E-state index contributed by atoms with van der Waals surface area (Å²) in [6.45, 7) is 7.53. The van der Waals surface area contributed by atoms with Crippen LogP contribution in [0.25, 0.3) is 0 Å². The second-order valence-corrected chi connectivity index (χ2v) is 10.0. The molecule has 0 spiro atoms. The number of aryl methyl sites for hydroxylation is 1. The first-order chi connectivity index (χ1) is 13.9. The van der Waals surface area contributed by atoms with Gasteiger partial charge in [0, 0.05) is 43.7 Å². The molecule has 2 aliphatic heterocycles. The van der Waals surface area contributed by atoms with Gasteiger partial charge in [0.2, 0.25) is 15.9 Å². The summed E-state index contributed by atoms with van der Waals surface area (Å²) in [6.07, 6.45) is 1.98. The Bertz CT molecular complexity index is 804. The van der Waals surface area contributed by atoms with Gasteiger partial charge in [-0.1, -0.05) is 17.7 Å². The third kappa shape index (κ3) is 5.92. The Morgan fingerprint density at radius 2 is 1.90 bits per heavy atom. The van der Waals surface area contributed by atoms with Crippen LogP contribution in [0.2, 0.25) is 5.02 Å². The predicted molar refractivity (Wildman–Crippen MR) is 113 cm³/mol. The number of nitrogens with zero attached hydrogens (tertiary/aromatic N) is 2. The Morgan fingerprint density at radius 3 is 2.59 bits per heavy atom. The van der Waals surface area contributed by atoms with Gasteiger partial charge in [-0.15, -0.1) is 0 Å². The lowest BCUT2D eigenvalue weighted by molar-refractivity contribution is -0.126. The van der Waals surface area contributed by atoms with E-state index in [9.17, 15) is 13.2 Å². The van der Waals surface area contributed by atoms with Crippen molar-refractivity contribution in [1.29, 1.82) is 0 Å². The number of sulfonamides is 1. The monoisotopic (exact) mass is 443 g/mol. The Morgan fingerprint density at radius 1 is 1.21 bits per heavy atom. The van der Waals surface area contributed by atoms with Gasteiger partial charge in [0.1, 0.15) is 0 Å². The number of halogens is 1. The number of benzene rings is 1. The Balaban J connectivity index is 1.44. The highest BCUT2D eigenvalue weighted by Gasteiger charge is 2.32. The minimum Gasteiger partial charge on any atom is -0.379 e. The van der Waals surface area contributed by atoms with Gasteiger partial charge in [-0.25, -0.2) is 8.42 Å². The lowest BCUT2D eigenvalue weighted by Crippen LogP contribution is -2.43. The summed E-state index contributed by atoms with van der Waals surface area (Å²) in [7, 11) is -3.60. The zero-order chi connectivity index (χ0) is 20.9. The molecule has 0 unspecified atom stereocenters. The Kier molecular flexibility index (Phi) is 7.92. The van der Waals surface area contributed by atoms with Gasteiger partial charge in [-0.05, 0) is 50.4 Å². The minimum absolute atomic E-state index is 0.0305. The van der Waals surface area contributed by atoms with Gasteiger partial charge in [-0.2, -0.15) is 4.31 Å². The molecule has 1 N–H and O–H groups in total. The van der Waals surface area contributed by atoms with Crippen molar-refractivity contribution in [2.45, 2.75) is 31.1 Å². The summed E-state index contributed by atoms with van der Waals surface area (Å²) in [5, 5.41) is 3.41. The third-order valence-electron chi connectivity index (χ3n) is 5.65. The number of rotatable bonds is 7. The summed E-state index contributed by atoms with van der Waals surface area (Å²) in [4.78, 5) is 15.0. The molecule has 0 aromatic heterocycles. The summed E-state index contributed by atoms with van der Waals surface area (Å²) < 4.78 is 32.7. The molecule has 1 amide bonds. The fraction of sp³-hybridized carbons (Fsp3) is 0.650. The second kappa shape index (κ2) is 10.2. The fourth-order valence-corrected chi connectivity index (χ4v) is 5.79. The van der Waals surface area contributed by atoms with E-state index >= 15 is 0 Å². The number of ether oxygens (including phenoxy) is 1. The van der Waals surface area contributed by atoms with Gasteiger partial charge in [0.15, 0.2) is 0 Å². The van der Waals surface area contributed by atoms with Crippen LogP contribution in [0.15, 0.2) is 23.1 Å². The molecule has 2 aliphatic rings. The molecule has 162 valence electrons. The molecule has 3 rings (SSSR count). The highest BCUT2D eigenvalue weighted by molar-refractivity contribution is 7.89. The molecule has 1 aromatic carbocycles. The van der Waals surface area contributed by atoms with E-state index < -0.39 is 10.0 Å². The summed E-state index contributed by atoms with van der Waals surface area (Å²) in [5.41, 5.74) is 0.675. The topological polar surface area (TPSA) is 79.0 Å². The SMILES string of the molecule is Cc1ccc(Cl)cc1S(=O)(=O)N1CCC(C(=O)NCCCN2CCOCC2)CC1. The zero-order valence-corrected chi connectivity index (χ0v) is 18.5. The van der Waals surface area contributed by atoms with Crippen LogP contribution >= 0.6 is 11.6 Å². The molecule has 0 atom stereocenters. The van der Waals surface area contributed by atoms with E-state index in [1.807, 2.05) is 0 Å². The Hall–Kier alpha value is -1.19. The average molecular weight is 444 g/mol. The van der Waals surface area contributed by atoms with Crippen molar-refractivity contribution >= 4 is 27.5 Å². The van der Waals surface area contributed by atoms with E-state index in [1.165, 1.54) is 10.4 Å². The van der Waals surface area contributed by atoms with Crippen molar-refractivity contribution in [2.24, 2.45) is 5.92 Å². The van der Waals surface area contributed by atoms with E-state index in [0.717, 1.165) is 39.3 Å². The number of morpholine rings is 1. The maximum atomic E-state index is 13.0. The number of carbonyl (C=O) groups is 1. The van der Waals surface area contributed by atoms with E-state index in [-0.39, 0.29) is 16.7 Å². The molecule has 0 aliphatic carbocycles. The Labute approximate surface area is 178 Å². The van der Waals surface area contributed by atoms with Crippen LogP contribution in [0.3, 0.4) is 0 Å². The van der Waals surface area contributed by atoms with Crippen molar-refractivity contribution in [3.63, 3.8) is 0 Å². The summed E-state index contributed by atoms with van der Waals surface area (Å²) >= 11 is 5.99. The maximum absolute atomic E-state index is 13.0. The maximum Gasteiger partial charge on any atom is 0.243 e. The minimum atomic E-state index is -3.60. The van der Waals surface area contributed by atoms with Gasteiger partial charge in [0.05, 0.1) is 18.1 Å². The van der Waals surface area contributed by atoms with Crippen molar-refractivity contribution in [3.8, 4) is 0 Å². The third-order valence-corrected chi connectivity index (χ3v) is 7.92. The molecule has 7 nitrogen and oxygen atoms in total. The molecule has 0 saturated carbocycles. The normalized spacial score (nSPS) is 19.9. The second-order valence-electron chi connectivity index (χ2n) is 7.69. The summed E-state index contributed by atoms with van der Waals surface area (Å²) in [6, 6.07) is 4.90. The molecular formula is C20H30ClN3O4S. The van der Waals surface area contributed by atoms with E-state index in [1.54, 1.807) is 19.1 Å². The fourth-order valence-electron chi connectivity index (χ4n) is 3.83. The number of amides is 1. The molecule has 2 fully saturated rings. The van der Waals surface area contributed by atoms with Crippen LogP contribution < -0.4 is 5.32 Å². The number of hydrogen-bond donors (Lipinski definition) is 1. The largest absolute Gasteiger partial charge is 0.379 e. The van der Waals surface area contributed by atoms with Crippen LogP contribution in [0.1, 0.15) is 24.8 Å². The first-order valence-corrected chi connectivity index (χ1v) is 12.0. The lowest BCUT2D eigenvalue weighted by Gasteiger charge is -2.31. The van der Waals surface area contributed by atoms with E-state index in [4.69, 9.17) is 16.3 Å². The lowest BCUT2D eigenvalue weighted by atomic mass is 9.97. The number of carbonyl (C=O) groups excluding carboxylic acids is 1. The molecular weight excluding hydrogens is 414 g/mol. The van der Waals surface area contributed by atoms with Crippen LogP contribution in [-0.4, -0.2) is 76.0 Å². The number of hydrogen-bond acceptors (Lipinski definition) is 5. The standard InChI is InChI=1S/C20H30ClN3O4S/c1-16-3-4-18(21)15-19(16)29(26,27)24-9-5-17(6-10-24)20(25)22-7-2-8-23-11-13-28-14-12-23/h3-4,15,17H,2,5-14H2,1H3,(H,22,25). The first-order valence-electron chi connectivity index (χ1n) is 10.2. The smallest absolute Gasteiger partial charge is 0.243 e. The van der Waals surface area contributed by atoms with E-state index in [2.05, 4.69) is 10.2 Å². The summed E-state index contributed by atoms with van der Waals surface area (Å²) in [5.74, 6) is -0.103. The van der Waals surface area contributed by atoms with Crippen molar-refractivity contribution in [1.82, 2.24) is 14.5 Å². The molecule has 0 bridgehead atoms. The average Bonchev–Trinajstić information content (AvgIpc) is 2.73. The zero-order valence-electron chi connectivity index (χ0n) is 16.9. The van der Waals surface area contributed by atoms with Crippen LogP contribution in [0.5, 0.6) is 0 Å². The molecule has 2 saturated heterocycles. The van der Waals surface area contributed by atoms with Gasteiger partial charge >= 0.3 is 0 Å². The van der Waals surface area contributed by atoms with Gasteiger partial charge in [0.25, 0.3) is 0 Å². The molecule has 1 aromatic rings. The molecule has 0 radical (unpaired) electrons. The van der Waals surface area contributed by atoms with Crippen molar-refractivity contribution in [2.75, 3.05) is 52.5 Å². The van der Waals surface area contributed by atoms with Crippen molar-refractivity contribution < 1.29 is 17.9 Å². The van der Waals surface area contributed by atoms with Gasteiger partial charge in [-0.3, -0.25) is 9.69 Å². The molecule has 9 heteroatoms. The number of nitrogens with one attached hydrogen (secondary N) is 1. The number of piperidine rings is 1. The van der Waals surface area contributed by atoms with Gasteiger partial charge < -0.3 is 10.1 Å². The highest BCUT2D eigenvalue weighted by Crippen LogP contribution is 2.27. The van der Waals surface area contributed by atoms with Crippen LogP contribution in [0.4, 0.5) is 0 Å². The first kappa shape index (κ1) is 22.5. The van der Waals surface area contributed by atoms with E-state index in [0.29, 0.717) is 43.1 Å². The highest BCUT2D eigenvalue weighted by atomic mass is 35.5. The predicted octanol–water partition coefficient (Wildman–Crippen LogP) is 1.89. The molecule has 29 heavy (non-hydrogen) atoms. The molecule has 2 heterocycles. The quantitative estimate of drug-likeness (QED) is 0.651. The van der Waals surface area contributed by atoms with Crippen LogP contribution in [-0.2, 0) is 19.6 Å². The van der Waals surface area contributed by atoms with Crippen molar-refractivity contribution in [3.05, 3.63) is 28.8 Å². The van der Waals surface area contributed by atoms with Crippen LogP contribution in [0, 0.1) is 12.8 Å².